The molecular formula is C17H25FN2O. The average Bonchev–Trinajstić information content (AvgIpc) is 3.28. The van der Waals surface area contributed by atoms with Gasteiger partial charge in [0.05, 0.1) is 0 Å². The summed E-state index contributed by atoms with van der Waals surface area (Å²) in [5.41, 5.74) is 1.15. The van der Waals surface area contributed by atoms with Crippen LogP contribution >= 0.6 is 0 Å². The molecule has 2 fully saturated rings. The Morgan fingerprint density at radius 3 is 2.57 bits per heavy atom. The highest BCUT2D eigenvalue weighted by Crippen LogP contribution is 2.30. The standard InChI is InChI=1S/C17H25FN2O/c18-16-5-3-15(4-6-16)12-20-9-8-19(11-14-1-2-14)13-17(20)7-10-21/h3-6,14,17,21H,1-2,7-13H2. The van der Waals surface area contributed by atoms with E-state index < -0.39 is 0 Å². The molecule has 1 heterocycles. The van der Waals surface area contributed by atoms with Crippen molar-refractivity contribution in [1.29, 1.82) is 0 Å². The Kier molecular flexibility index (Phi) is 4.88. The van der Waals surface area contributed by atoms with Gasteiger partial charge in [0.1, 0.15) is 5.82 Å². The van der Waals surface area contributed by atoms with Crippen molar-refractivity contribution in [2.45, 2.75) is 31.8 Å². The van der Waals surface area contributed by atoms with Crippen LogP contribution in [-0.4, -0.2) is 53.7 Å². The van der Waals surface area contributed by atoms with Crippen LogP contribution in [-0.2, 0) is 6.54 Å². The number of aliphatic hydroxyl groups excluding tert-OH is 1. The second-order valence-corrected chi connectivity index (χ2v) is 6.47. The van der Waals surface area contributed by atoms with Crippen LogP contribution in [0.1, 0.15) is 24.8 Å². The highest BCUT2D eigenvalue weighted by Gasteiger charge is 2.30. The lowest BCUT2D eigenvalue weighted by molar-refractivity contribution is 0.0515. The number of halogens is 1. The van der Waals surface area contributed by atoms with Gasteiger partial charge in [-0.1, -0.05) is 12.1 Å². The van der Waals surface area contributed by atoms with Crippen LogP contribution in [0.25, 0.3) is 0 Å². The van der Waals surface area contributed by atoms with Crippen LogP contribution in [0.5, 0.6) is 0 Å². The second kappa shape index (κ2) is 6.86. The number of nitrogens with zero attached hydrogens (tertiary/aromatic N) is 2. The number of rotatable bonds is 6. The summed E-state index contributed by atoms with van der Waals surface area (Å²) in [4.78, 5) is 4.99. The third kappa shape index (κ3) is 4.25. The van der Waals surface area contributed by atoms with Gasteiger partial charge in [0, 0.05) is 45.4 Å². The molecule has 2 aliphatic rings. The number of hydrogen-bond acceptors (Lipinski definition) is 3. The smallest absolute Gasteiger partial charge is 0.123 e. The second-order valence-electron chi connectivity index (χ2n) is 6.47. The monoisotopic (exact) mass is 292 g/mol. The molecular weight excluding hydrogens is 267 g/mol. The maximum Gasteiger partial charge on any atom is 0.123 e. The van der Waals surface area contributed by atoms with Crippen LogP contribution in [0.15, 0.2) is 24.3 Å². The van der Waals surface area contributed by atoms with Crippen molar-refractivity contribution in [3.63, 3.8) is 0 Å². The maximum atomic E-state index is 13.0. The van der Waals surface area contributed by atoms with Gasteiger partial charge < -0.3 is 10.0 Å². The van der Waals surface area contributed by atoms with Crippen molar-refractivity contribution < 1.29 is 9.50 Å². The Bertz CT molecular complexity index is 447. The van der Waals surface area contributed by atoms with Crippen molar-refractivity contribution in [2.75, 3.05) is 32.8 Å². The largest absolute Gasteiger partial charge is 0.396 e. The third-order valence-corrected chi connectivity index (χ3v) is 4.66. The van der Waals surface area contributed by atoms with E-state index in [-0.39, 0.29) is 12.4 Å². The van der Waals surface area contributed by atoms with Gasteiger partial charge in [0.15, 0.2) is 0 Å². The Morgan fingerprint density at radius 2 is 1.90 bits per heavy atom. The Balaban J connectivity index is 1.58. The summed E-state index contributed by atoms with van der Waals surface area (Å²) in [6, 6.07) is 7.19. The molecule has 116 valence electrons. The maximum absolute atomic E-state index is 13.0. The van der Waals surface area contributed by atoms with Crippen molar-refractivity contribution in [2.24, 2.45) is 5.92 Å². The number of hydrogen-bond donors (Lipinski definition) is 1. The molecule has 0 spiro atoms. The zero-order valence-electron chi connectivity index (χ0n) is 12.5. The predicted molar refractivity (Wildman–Crippen MR) is 81.5 cm³/mol. The molecule has 1 unspecified atom stereocenters. The Labute approximate surface area is 126 Å². The molecule has 1 saturated carbocycles. The molecule has 1 aromatic carbocycles. The van der Waals surface area contributed by atoms with E-state index in [2.05, 4.69) is 9.80 Å². The van der Waals surface area contributed by atoms with Gasteiger partial charge >= 0.3 is 0 Å². The van der Waals surface area contributed by atoms with E-state index in [0.29, 0.717) is 6.04 Å². The molecule has 21 heavy (non-hydrogen) atoms. The summed E-state index contributed by atoms with van der Waals surface area (Å²) in [6.45, 7) is 5.52. The zero-order chi connectivity index (χ0) is 14.7. The molecule has 0 radical (unpaired) electrons. The summed E-state index contributed by atoms with van der Waals surface area (Å²) in [6.07, 6.45) is 3.60. The molecule has 0 aromatic heterocycles. The summed E-state index contributed by atoms with van der Waals surface area (Å²) in [5, 5.41) is 9.32. The first-order chi connectivity index (χ1) is 10.2. The summed E-state index contributed by atoms with van der Waals surface area (Å²) in [5.74, 6) is 0.739. The topological polar surface area (TPSA) is 26.7 Å². The highest BCUT2D eigenvalue weighted by molar-refractivity contribution is 5.16. The number of aliphatic hydroxyl groups is 1. The van der Waals surface area contributed by atoms with E-state index in [9.17, 15) is 9.50 Å². The lowest BCUT2D eigenvalue weighted by atomic mass is 10.1. The Morgan fingerprint density at radius 1 is 1.14 bits per heavy atom. The molecule has 3 rings (SSSR count). The molecule has 1 aliphatic heterocycles. The minimum Gasteiger partial charge on any atom is -0.396 e. The van der Waals surface area contributed by atoms with Gasteiger partial charge in [-0.05, 0) is 42.9 Å². The molecule has 4 heteroatoms. The molecule has 0 bridgehead atoms. The molecule has 1 aliphatic carbocycles. The van der Waals surface area contributed by atoms with Gasteiger partial charge in [-0.2, -0.15) is 0 Å². The first-order valence-corrected chi connectivity index (χ1v) is 8.06. The average molecular weight is 292 g/mol. The predicted octanol–water partition coefficient (Wildman–Crippen LogP) is 2.10. The SMILES string of the molecule is OCCC1CN(CC2CC2)CCN1Cc1ccc(F)cc1. The number of benzene rings is 1. The van der Waals surface area contributed by atoms with Crippen molar-refractivity contribution in [3.8, 4) is 0 Å². The normalized spacial score (nSPS) is 24.4. The fraction of sp³-hybridized carbons (Fsp3) is 0.647. The molecule has 1 saturated heterocycles. The van der Waals surface area contributed by atoms with Gasteiger partial charge in [0.2, 0.25) is 0 Å². The van der Waals surface area contributed by atoms with Gasteiger partial charge in [-0.15, -0.1) is 0 Å². The molecule has 1 aromatic rings. The van der Waals surface area contributed by atoms with E-state index in [1.165, 1.54) is 31.5 Å². The Hall–Kier alpha value is -0.970. The van der Waals surface area contributed by atoms with Crippen molar-refractivity contribution >= 4 is 0 Å². The third-order valence-electron chi connectivity index (χ3n) is 4.66. The van der Waals surface area contributed by atoms with E-state index in [1.807, 2.05) is 12.1 Å². The molecule has 1 atom stereocenters. The summed E-state index contributed by atoms with van der Waals surface area (Å²) in [7, 11) is 0. The summed E-state index contributed by atoms with van der Waals surface area (Å²) < 4.78 is 13.0. The van der Waals surface area contributed by atoms with Crippen LogP contribution in [0.3, 0.4) is 0 Å². The van der Waals surface area contributed by atoms with Gasteiger partial charge in [-0.3, -0.25) is 4.90 Å². The van der Waals surface area contributed by atoms with Crippen LogP contribution in [0.2, 0.25) is 0 Å². The molecule has 3 nitrogen and oxygen atoms in total. The first-order valence-electron chi connectivity index (χ1n) is 8.06. The van der Waals surface area contributed by atoms with Gasteiger partial charge in [-0.25, -0.2) is 4.39 Å². The van der Waals surface area contributed by atoms with Gasteiger partial charge in [0.25, 0.3) is 0 Å². The van der Waals surface area contributed by atoms with Crippen LogP contribution in [0.4, 0.5) is 4.39 Å². The van der Waals surface area contributed by atoms with E-state index in [4.69, 9.17) is 0 Å². The highest BCUT2D eigenvalue weighted by atomic mass is 19.1. The van der Waals surface area contributed by atoms with Crippen molar-refractivity contribution in [1.82, 2.24) is 9.80 Å². The lowest BCUT2D eigenvalue weighted by Gasteiger charge is -2.41. The first kappa shape index (κ1) is 14.9. The fourth-order valence-electron chi connectivity index (χ4n) is 3.24. The van der Waals surface area contributed by atoms with E-state index in [1.54, 1.807) is 0 Å². The number of piperazine rings is 1. The zero-order valence-corrected chi connectivity index (χ0v) is 12.5. The van der Waals surface area contributed by atoms with Crippen LogP contribution in [0, 0.1) is 11.7 Å². The quantitative estimate of drug-likeness (QED) is 0.870. The van der Waals surface area contributed by atoms with Crippen molar-refractivity contribution in [3.05, 3.63) is 35.6 Å². The lowest BCUT2D eigenvalue weighted by Crippen LogP contribution is -2.53. The fourth-order valence-corrected chi connectivity index (χ4v) is 3.24. The minimum atomic E-state index is -0.181. The van der Waals surface area contributed by atoms with E-state index in [0.717, 1.165) is 44.1 Å². The molecule has 1 N–H and O–H groups in total. The minimum absolute atomic E-state index is 0.181. The molecule has 0 amide bonds. The van der Waals surface area contributed by atoms with Crippen LogP contribution < -0.4 is 0 Å². The summed E-state index contributed by atoms with van der Waals surface area (Å²) >= 11 is 0. The van der Waals surface area contributed by atoms with E-state index >= 15 is 0 Å².